The van der Waals surface area contributed by atoms with Gasteiger partial charge in [0.2, 0.25) is 0 Å². The number of hydrogen-bond acceptors (Lipinski definition) is 2. The second kappa shape index (κ2) is 4.95. The third kappa shape index (κ3) is 1.80. The Balaban J connectivity index is 1.73. The molecule has 0 amide bonds. The van der Waals surface area contributed by atoms with Crippen LogP contribution in [0.2, 0.25) is 0 Å². The Kier molecular flexibility index (Phi) is 3.36. The van der Waals surface area contributed by atoms with Gasteiger partial charge < -0.3 is 10.2 Å². The summed E-state index contributed by atoms with van der Waals surface area (Å²) < 4.78 is 0. The Hall–Kier alpha value is -0.600. The molecule has 5 atom stereocenters. The van der Waals surface area contributed by atoms with E-state index in [9.17, 15) is 10.2 Å². The van der Waals surface area contributed by atoms with Crippen LogP contribution in [0.15, 0.2) is 23.8 Å². The average molecular weight is 302 g/mol. The minimum Gasteiger partial charge on any atom is -0.365 e. The number of aliphatic hydroxyl groups is 2. The van der Waals surface area contributed by atoms with E-state index < -0.39 is 5.79 Å². The summed E-state index contributed by atoms with van der Waals surface area (Å²) in [5.41, 5.74) is 2.67. The number of fused-ring (bicyclic) bond motifs is 5. The van der Waals surface area contributed by atoms with E-state index in [1.165, 1.54) is 37.7 Å². The molecule has 5 unspecified atom stereocenters. The fraction of sp³-hybridized carbons (Fsp3) is 0.800. The van der Waals surface area contributed by atoms with Crippen LogP contribution < -0.4 is 0 Å². The molecule has 22 heavy (non-hydrogen) atoms. The molecule has 0 radical (unpaired) electrons. The standard InChI is InChI=1S/C20H30O2/c1-3-19-12-13(2)18-15-7-5-4-6-14(15)8-9-16(18)17(19)10-11-20(19,21)22/h6,15-18,21-22H,2-5,7-12H2,1H3. The molecule has 0 aromatic heterocycles. The van der Waals surface area contributed by atoms with E-state index in [0.717, 1.165) is 19.3 Å². The molecule has 0 spiro atoms. The molecule has 4 rings (SSSR count). The summed E-state index contributed by atoms with van der Waals surface area (Å²) >= 11 is 0. The molecule has 0 aromatic rings. The van der Waals surface area contributed by atoms with Crippen molar-refractivity contribution in [3.8, 4) is 0 Å². The average Bonchev–Trinajstić information content (AvgIpc) is 2.78. The van der Waals surface area contributed by atoms with Gasteiger partial charge in [0.05, 0.1) is 0 Å². The van der Waals surface area contributed by atoms with Gasteiger partial charge in [0.15, 0.2) is 5.79 Å². The highest BCUT2D eigenvalue weighted by Gasteiger charge is 2.64. The molecule has 0 aromatic carbocycles. The third-order valence-electron chi connectivity index (χ3n) is 7.74. The molecular formula is C20H30O2. The van der Waals surface area contributed by atoms with Gasteiger partial charge in [-0.2, -0.15) is 0 Å². The van der Waals surface area contributed by atoms with E-state index in [-0.39, 0.29) is 5.41 Å². The fourth-order valence-electron chi connectivity index (χ4n) is 6.78. The van der Waals surface area contributed by atoms with Crippen molar-refractivity contribution in [1.82, 2.24) is 0 Å². The normalized spacial score (nSPS) is 46.5. The van der Waals surface area contributed by atoms with Gasteiger partial charge in [-0.25, -0.2) is 0 Å². The van der Waals surface area contributed by atoms with Crippen LogP contribution in [0.5, 0.6) is 0 Å². The van der Waals surface area contributed by atoms with Crippen LogP contribution in [0.1, 0.15) is 64.7 Å². The molecule has 2 nitrogen and oxygen atoms in total. The minimum atomic E-state index is -1.48. The molecular weight excluding hydrogens is 272 g/mol. The summed E-state index contributed by atoms with van der Waals surface area (Å²) in [6, 6.07) is 0. The summed E-state index contributed by atoms with van der Waals surface area (Å²) in [6.07, 6.45) is 12.1. The van der Waals surface area contributed by atoms with Crippen LogP contribution >= 0.6 is 0 Å². The van der Waals surface area contributed by atoms with E-state index in [1.54, 1.807) is 5.57 Å². The first-order chi connectivity index (χ1) is 10.5. The largest absolute Gasteiger partial charge is 0.365 e. The van der Waals surface area contributed by atoms with Gasteiger partial charge in [-0.05, 0) is 75.0 Å². The van der Waals surface area contributed by atoms with E-state index in [0.29, 0.717) is 30.1 Å². The fourth-order valence-corrected chi connectivity index (χ4v) is 6.78. The minimum absolute atomic E-state index is 0.332. The topological polar surface area (TPSA) is 40.5 Å². The zero-order chi connectivity index (χ0) is 15.5. The Bertz CT molecular complexity index is 518. The van der Waals surface area contributed by atoms with Crippen molar-refractivity contribution in [3.05, 3.63) is 23.8 Å². The first-order valence-electron chi connectivity index (χ1n) is 9.31. The molecule has 2 N–H and O–H groups in total. The van der Waals surface area contributed by atoms with Gasteiger partial charge in [-0.3, -0.25) is 0 Å². The number of rotatable bonds is 1. The highest BCUT2D eigenvalue weighted by molar-refractivity contribution is 5.28. The molecule has 0 bridgehead atoms. The lowest BCUT2D eigenvalue weighted by molar-refractivity contribution is -0.246. The predicted molar refractivity (Wildman–Crippen MR) is 88.0 cm³/mol. The van der Waals surface area contributed by atoms with Crippen LogP contribution in [0.3, 0.4) is 0 Å². The monoisotopic (exact) mass is 302 g/mol. The van der Waals surface area contributed by atoms with Crippen molar-refractivity contribution < 1.29 is 10.2 Å². The van der Waals surface area contributed by atoms with Crippen LogP contribution in [-0.4, -0.2) is 16.0 Å². The molecule has 0 aliphatic heterocycles. The van der Waals surface area contributed by atoms with Gasteiger partial charge in [-0.1, -0.05) is 30.7 Å². The SMILES string of the molecule is C=C1CC2(CC)C(CCC2(O)O)C2CCC3=CCCCC3C12. The third-order valence-corrected chi connectivity index (χ3v) is 7.74. The van der Waals surface area contributed by atoms with Crippen molar-refractivity contribution in [3.63, 3.8) is 0 Å². The Morgan fingerprint density at radius 2 is 2.09 bits per heavy atom. The van der Waals surface area contributed by atoms with Gasteiger partial charge in [0, 0.05) is 11.8 Å². The van der Waals surface area contributed by atoms with Gasteiger partial charge >= 0.3 is 0 Å². The first-order valence-corrected chi connectivity index (χ1v) is 9.31. The van der Waals surface area contributed by atoms with Crippen LogP contribution in [0.4, 0.5) is 0 Å². The molecule has 3 saturated carbocycles. The molecule has 4 aliphatic rings. The quantitative estimate of drug-likeness (QED) is 0.563. The molecule has 4 aliphatic carbocycles. The predicted octanol–water partition coefficient (Wildman–Crippen LogP) is 4.19. The van der Waals surface area contributed by atoms with Gasteiger partial charge in [0.25, 0.3) is 0 Å². The molecule has 2 heteroatoms. The first kappa shape index (κ1) is 15.0. The zero-order valence-electron chi connectivity index (χ0n) is 13.9. The highest BCUT2D eigenvalue weighted by atomic mass is 16.5. The van der Waals surface area contributed by atoms with Gasteiger partial charge in [-0.15, -0.1) is 0 Å². The van der Waals surface area contributed by atoms with Crippen molar-refractivity contribution in [1.29, 1.82) is 0 Å². The maximum Gasteiger partial charge on any atom is 0.168 e. The van der Waals surface area contributed by atoms with Crippen molar-refractivity contribution in [2.24, 2.45) is 29.1 Å². The number of hydrogen-bond donors (Lipinski definition) is 2. The molecule has 0 heterocycles. The Labute approximate surface area is 134 Å². The van der Waals surface area contributed by atoms with E-state index in [1.807, 2.05) is 0 Å². The highest BCUT2D eigenvalue weighted by Crippen LogP contribution is 2.66. The van der Waals surface area contributed by atoms with Crippen molar-refractivity contribution >= 4 is 0 Å². The Morgan fingerprint density at radius 1 is 1.27 bits per heavy atom. The lowest BCUT2D eigenvalue weighted by Gasteiger charge is -2.56. The molecule has 3 fully saturated rings. The summed E-state index contributed by atoms with van der Waals surface area (Å²) in [4.78, 5) is 0. The number of allylic oxidation sites excluding steroid dienone is 3. The van der Waals surface area contributed by atoms with E-state index in [4.69, 9.17) is 0 Å². The lowest BCUT2D eigenvalue weighted by Crippen LogP contribution is -2.54. The maximum atomic E-state index is 10.7. The van der Waals surface area contributed by atoms with Crippen molar-refractivity contribution in [2.45, 2.75) is 70.5 Å². The molecule has 0 saturated heterocycles. The second-order valence-electron chi connectivity index (χ2n) is 8.35. The summed E-state index contributed by atoms with van der Waals surface area (Å²) in [5, 5.41) is 21.4. The Morgan fingerprint density at radius 3 is 2.86 bits per heavy atom. The van der Waals surface area contributed by atoms with Crippen LogP contribution in [0, 0.1) is 29.1 Å². The van der Waals surface area contributed by atoms with E-state index in [2.05, 4.69) is 19.6 Å². The molecule has 122 valence electrons. The van der Waals surface area contributed by atoms with E-state index >= 15 is 0 Å². The smallest absolute Gasteiger partial charge is 0.168 e. The second-order valence-corrected chi connectivity index (χ2v) is 8.35. The lowest BCUT2D eigenvalue weighted by atomic mass is 9.49. The summed E-state index contributed by atoms with van der Waals surface area (Å²) in [7, 11) is 0. The van der Waals surface area contributed by atoms with Gasteiger partial charge in [0.1, 0.15) is 0 Å². The van der Waals surface area contributed by atoms with Crippen molar-refractivity contribution in [2.75, 3.05) is 0 Å². The maximum absolute atomic E-state index is 10.7. The summed E-state index contributed by atoms with van der Waals surface area (Å²) in [5.74, 6) is 0.943. The van der Waals surface area contributed by atoms with Crippen LogP contribution in [-0.2, 0) is 0 Å². The summed E-state index contributed by atoms with van der Waals surface area (Å²) in [6.45, 7) is 6.60. The zero-order valence-corrected chi connectivity index (χ0v) is 13.9. The van der Waals surface area contributed by atoms with Crippen LogP contribution in [0.25, 0.3) is 0 Å².